The van der Waals surface area contributed by atoms with Crippen molar-refractivity contribution in [2.75, 3.05) is 46.0 Å². The minimum Gasteiger partial charge on any atom is -0.395 e. The van der Waals surface area contributed by atoms with Crippen LogP contribution in [0, 0.1) is 0 Å². The topological polar surface area (TPSA) is 55.8 Å². The number of rotatable bonds is 6. The van der Waals surface area contributed by atoms with Crippen molar-refractivity contribution in [2.24, 2.45) is 0 Å². The molecule has 2 rings (SSSR count). The van der Waals surface area contributed by atoms with E-state index in [0.717, 1.165) is 38.3 Å². The number of aliphatic hydroxyl groups is 1. The standard InChI is InChI=1S/C15H23N3O2/c19-11-10-17-6-8-18(9-7-17)13-16-15(20)12-14-4-2-1-3-5-14/h1-5,19H,6-13H2,(H,16,20). The number of hydrogen-bond acceptors (Lipinski definition) is 4. The molecule has 0 atom stereocenters. The highest BCUT2D eigenvalue weighted by atomic mass is 16.3. The molecule has 1 saturated heterocycles. The monoisotopic (exact) mass is 277 g/mol. The summed E-state index contributed by atoms with van der Waals surface area (Å²) >= 11 is 0. The summed E-state index contributed by atoms with van der Waals surface area (Å²) in [4.78, 5) is 16.3. The predicted octanol–water partition coefficient (Wildman–Crippen LogP) is -0.0873. The lowest BCUT2D eigenvalue weighted by atomic mass is 10.1. The lowest BCUT2D eigenvalue weighted by Crippen LogP contribution is -2.50. The van der Waals surface area contributed by atoms with Crippen molar-refractivity contribution in [1.29, 1.82) is 0 Å². The van der Waals surface area contributed by atoms with Gasteiger partial charge in [-0.2, -0.15) is 0 Å². The quantitative estimate of drug-likeness (QED) is 0.763. The van der Waals surface area contributed by atoms with Crippen molar-refractivity contribution < 1.29 is 9.90 Å². The maximum atomic E-state index is 11.8. The average Bonchev–Trinajstić information content (AvgIpc) is 2.48. The van der Waals surface area contributed by atoms with Gasteiger partial charge in [-0.3, -0.25) is 14.6 Å². The van der Waals surface area contributed by atoms with Gasteiger partial charge in [-0.1, -0.05) is 30.3 Å². The Balaban J connectivity index is 1.64. The normalized spacial score (nSPS) is 17.1. The van der Waals surface area contributed by atoms with E-state index in [2.05, 4.69) is 15.1 Å². The second-order valence-electron chi connectivity index (χ2n) is 5.10. The lowest BCUT2D eigenvalue weighted by molar-refractivity contribution is -0.121. The number of benzene rings is 1. The second kappa shape index (κ2) is 7.99. The van der Waals surface area contributed by atoms with Crippen molar-refractivity contribution in [2.45, 2.75) is 6.42 Å². The van der Waals surface area contributed by atoms with E-state index in [9.17, 15) is 4.79 Å². The van der Waals surface area contributed by atoms with E-state index in [4.69, 9.17) is 5.11 Å². The fourth-order valence-corrected chi connectivity index (χ4v) is 2.36. The first-order valence-corrected chi connectivity index (χ1v) is 7.14. The molecule has 0 saturated carbocycles. The smallest absolute Gasteiger partial charge is 0.225 e. The third-order valence-electron chi connectivity index (χ3n) is 3.59. The fraction of sp³-hybridized carbons (Fsp3) is 0.533. The van der Waals surface area contributed by atoms with Crippen LogP contribution in [0.4, 0.5) is 0 Å². The Labute approximate surface area is 120 Å². The molecule has 0 aromatic heterocycles. The summed E-state index contributed by atoms with van der Waals surface area (Å²) in [7, 11) is 0. The van der Waals surface area contributed by atoms with Crippen molar-refractivity contribution in [1.82, 2.24) is 15.1 Å². The van der Waals surface area contributed by atoms with Crippen LogP contribution in [0.3, 0.4) is 0 Å². The third-order valence-corrected chi connectivity index (χ3v) is 3.59. The van der Waals surface area contributed by atoms with Crippen LogP contribution in [-0.2, 0) is 11.2 Å². The van der Waals surface area contributed by atoms with E-state index < -0.39 is 0 Å². The van der Waals surface area contributed by atoms with Crippen LogP contribution in [0.5, 0.6) is 0 Å². The highest BCUT2D eigenvalue weighted by Gasteiger charge is 2.16. The molecule has 110 valence electrons. The maximum absolute atomic E-state index is 11.8. The molecule has 0 unspecified atom stereocenters. The molecule has 1 aromatic carbocycles. The molecule has 0 aliphatic carbocycles. The van der Waals surface area contributed by atoms with E-state index in [1.165, 1.54) is 0 Å². The van der Waals surface area contributed by atoms with Gasteiger partial charge in [-0.15, -0.1) is 0 Å². The van der Waals surface area contributed by atoms with Gasteiger partial charge in [0.1, 0.15) is 0 Å². The van der Waals surface area contributed by atoms with E-state index in [-0.39, 0.29) is 12.5 Å². The molecule has 5 heteroatoms. The number of carbonyl (C=O) groups excluding carboxylic acids is 1. The number of aliphatic hydroxyl groups excluding tert-OH is 1. The van der Waals surface area contributed by atoms with E-state index in [0.29, 0.717) is 13.1 Å². The number of piperazine rings is 1. The molecule has 1 aromatic rings. The summed E-state index contributed by atoms with van der Waals surface area (Å²) in [5.74, 6) is 0.0639. The SMILES string of the molecule is O=C(Cc1ccccc1)NCN1CCN(CCO)CC1. The number of hydrogen-bond donors (Lipinski definition) is 2. The van der Waals surface area contributed by atoms with Crippen LogP contribution in [-0.4, -0.2) is 66.8 Å². The summed E-state index contributed by atoms with van der Waals surface area (Å²) in [5, 5.41) is 11.9. The van der Waals surface area contributed by atoms with Gasteiger partial charge >= 0.3 is 0 Å². The fourth-order valence-electron chi connectivity index (χ4n) is 2.36. The number of nitrogens with zero attached hydrogens (tertiary/aromatic N) is 2. The van der Waals surface area contributed by atoms with Crippen LogP contribution in [0.15, 0.2) is 30.3 Å². The predicted molar refractivity (Wildman–Crippen MR) is 78.3 cm³/mol. The largest absolute Gasteiger partial charge is 0.395 e. The molecule has 1 heterocycles. The molecular formula is C15H23N3O2. The van der Waals surface area contributed by atoms with Crippen LogP contribution in [0.1, 0.15) is 5.56 Å². The summed E-state index contributed by atoms with van der Waals surface area (Å²) in [6.07, 6.45) is 0.436. The van der Waals surface area contributed by atoms with Crippen molar-refractivity contribution in [3.05, 3.63) is 35.9 Å². The van der Waals surface area contributed by atoms with Gasteiger partial charge in [0.25, 0.3) is 0 Å². The first kappa shape index (κ1) is 15.0. The zero-order chi connectivity index (χ0) is 14.2. The van der Waals surface area contributed by atoms with Crippen LogP contribution in [0.2, 0.25) is 0 Å². The van der Waals surface area contributed by atoms with Gasteiger partial charge in [0.2, 0.25) is 5.91 Å². The third kappa shape index (κ3) is 4.92. The Hall–Kier alpha value is -1.43. The molecule has 20 heavy (non-hydrogen) atoms. The van der Waals surface area contributed by atoms with Gasteiger partial charge in [-0.25, -0.2) is 0 Å². The summed E-state index contributed by atoms with van der Waals surface area (Å²) in [5.41, 5.74) is 1.04. The van der Waals surface area contributed by atoms with E-state index >= 15 is 0 Å². The molecule has 1 aliphatic rings. The highest BCUT2D eigenvalue weighted by Crippen LogP contribution is 2.01. The van der Waals surface area contributed by atoms with Gasteiger partial charge in [0, 0.05) is 32.7 Å². The summed E-state index contributed by atoms with van der Waals surface area (Å²) < 4.78 is 0. The summed E-state index contributed by atoms with van der Waals surface area (Å²) in [6.45, 7) is 5.35. The number of carbonyl (C=O) groups is 1. The molecule has 0 radical (unpaired) electrons. The Morgan fingerprint density at radius 1 is 1.10 bits per heavy atom. The van der Waals surface area contributed by atoms with Crippen molar-refractivity contribution in [3.63, 3.8) is 0 Å². The maximum Gasteiger partial charge on any atom is 0.225 e. The summed E-state index contributed by atoms with van der Waals surface area (Å²) in [6, 6.07) is 9.78. The Morgan fingerprint density at radius 2 is 1.75 bits per heavy atom. The van der Waals surface area contributed by atoms with E-state index in [1.54, 1.807) is 0 Å². The zero-order valence-corrected chi connectivity index (χ0v) is 11.8. The zero-order valence-electron chi connectivity index (χ0n) is 11.8. The van der Waals surface area contributed by atoms with Crippen LogP contribution in [0.25, 0.3) is 0 Å². The molecule has 2 N–H and O–H groups in total. The Bertz CT molecular complexity index is 403. The number of nitrogens with one attached hydrogen (secondary N) is 1. The molecule has 5 nitrogen and oxygen atoms in total. The Kier molecular flexibility index (Phi) is 5.98. The van der Waals surface area contributed by atoms with Crippen LogP contribution < -0.4 is 5.32 Å². The molecular weight excluding hydrogens is 254 g/mol. The number of β-amino-alcohol motifs (C(OH)–C–C–N with tert-alkyl or cyclic N) is 1. The van der Waals surface area contributed by atoms with Gasteiger partial charge in [0.15, 0.2) is 0 Å². The lowest BCUT2D eigenvalue weighted by Gasteiger charge is -2.34. The molecule has 1 fully saturated rings. The van der Waals surface area contributed by atoms with Gasteiger partial charge < -0.3 is 10.4 Å². The Morgan fingerprint density at radius 3 is 2.40 bits per heavy atom. The first-order chi connectivity index (χ1) is 9.78. The van der Waals surface area contributed by atoms with Crippen molar-refractivity contribution >= 4 is 5.91 Å². The van der Waals surface area contributed by atoms with Gasteiger partial charge in [-0.05, 0) is 5.56 Å². The minimum absolute atomic E-state index is 0.0639. The van der Waals surface area contributed by atoms with Crippen LogP contribution >= 0.6 is 0 Å². The molecule has 1 aliphatic heterocycles. The first-order valence-electron chi connectivity index (χ1n) is 7.14. The minimum atomic E-state index is 0.0639. The second-order valence-corrected chi connectivity index (χ2v) is 5.10. The molecule has 0 bridgehead atoms. The number of amides is 1. The van der Waals surface area contributed by atoms with Crippen molar-refractivity contribution in [3.8, 4) is 0 Å². The average molecular weight is 277 g/mol. The highest BCUT2D eigenvalue weighted by molar-refractivity contribution is 5.78. The molecule has 1 amide bonds. The van der Waals surface area contributed by atoms with E-state index in [1.807, 2.05) is 30.3 Å². The molecule has 0 spiro atoms. The van der Waals surface area contributed by atoms with Gasteiger partial charge in [0.05, 0.1) is 19.7 Å².